The molecule has 0 aliphatic carbocycles. The number of nitriles is 1. The smallest absolute Gasteiger partial charge is 0.258 e. The van der Waals surface area contributed by atoms with Crippen LogP contribution in [0.5, 0.6) is 0 Å². The molecule has 1 heterocycles. The standard InChI is InChI=1S/C11H10N4O/c1-7(13)10-14-11(16-15-10)9-4-2-3-8(5-9)6-12/h2-5,7H,13H2,1H3. The van der Waals surface area contributed by atoms with Crippen molar-refractivity contribution in [1.29, 1.82) is 5.26 Å². The van der Waals surface area contributed by atoms with E-state index in [4.69, 9.17) is 15.5 Å². The summed E-state index contributed by atoms with van der Waals surface area (Å²) in [5.74, 6) is 0.835. The summed E-state index contributed by atoms with van der Waals surface area (Å²) in [7, 11) is 0. The van der Waals surface area contributed by atoms with Gasteiger partial charge in [0.05, 0.1) is 17.7 Å². The monoisotopic (exact) mass is 214 g/mol. The van der Waals surface area contributed by atoms with Crippen molar-refractivity contribution in [3.63, 3.8) is 0 Å². The normalized spacial score (nSPS) is 12.1. The zero-order chi connectivity index (χ0) is 11.5. The van der Waals surface area contributed by atoms with Crippen molar-refractivity contribution >= 4 is 0 Å². The van der Waals surface area contributed by atoms with E-state index in [9.17, 15) is 0 Å². The molecule has 0 bridgehead atoms. The molecule has 2 aromatic rings. The molecule has 2 N–H and O–H groups in total. The fourth-order valence-electron chi connectivity index (χ4n) is 1.26. The molecule has 0 aliphatic rings. The SMILES string of the molecule is CC(N)c1noc(-c2cccc(C#N)c2)n1. The maximum Gasteiger partial charge on any atom is 0.258 e. The van der Waals surface area contributed by atoms with Crippen molar-refractivity contribution in [1.82, 2.24) is 10.1 Å². The molecule has 0 fully saturated rings. The largest absolute Gasteiger partial charge is 0.334 e. The second-order valence-electron chi connectivity index (χ2n) is 3.44. The van der Waals surface area contributed by atoms with Crippen molar-refractivity contribution in [2.45, 2.75) is 13.0 Å². The Morgan fingerprint density at radius 2 is 2.31 bits per heavy atom. The number of hydrogen-bond acceptors (Lipinski definition) is 5. The minimum Gasteiger partial charge on any atom is -0.334 e. The number of hydrogen-bond donors (Lipinski definition) is 1. The van der Waals surface area contributed by atoms with Gasteiger partial charge >= 0.3 is 0 Å². The lowest BCUT2D eigenvalue weighted by molar-refractivity contribution is 0.418. The highest BCUT2D eigenvalue weighted by atomic mass is 16.5. The number of aromatic nitrogens is 2. The molecule has 80 valence electrons. The molecule has 0 saturated heterocycles. The van der Waals surface area contributed by atoms with Crippen LogP contribution in [0.15, 0.2) is 28.8 Å². The predicted molar refractivity (Wildman–Crippen MR) is 57.1 cm³/mol. The van der Waals surface area contributed by atoms with Crippen molar-refractivity contribution in [2.24, 2.45) is 5.73 Å². The topological polar surface area (TPSA) is 88.7 Å². The average molecular weight is 214 g/mol. The Balaban J connectivity index is 2.39. The lowest BCUT2D eigenvalue weighted by Gasteiger charge is -1.94. The highest BCUT2D eigenvalue weighted by molar-refractivity contribution is 5.55. The third-order valence-electron chi connectivity index (χ3n) is 2.09. The highest BCUT2D eigenvalue weighted by Crippen LogP contribution is 2.19. The lowest BCUT2D eigenvalue weighted by Crippen LogP contribution is -2.06. The van der Waals surface area contributed by atoms with Crippen LogP contribution in [0.3, 0.4) is 0 Å². The van der Waals surface area contributed by atoms with Crippen LogP contribution in [-0.2, 0) is 0 Å². The van der Waals surface area contributed by atoms with E-state index in [0.29, 0.717) is 17.3 Å². The van der Waals surface area contributed by atoms with E-state index in [1.54, 1.807) is 31.2 Å². The van der Waals surface area contributed by atoms with Gasteiger partial charge in [0.25, 0.3) is 5.89 Å². The van der Waals surface area contributed by atoms with Gasteiger partial charge in [-0.3, -0.25) is 0 Å². The molecule has 0 radical (unpaired) electrons. The molecule has 0 amide bonds. The van der Waals surface area contributed by atoms with Crippen molar-refractivity contribution in [3.8, 4) is 17.5 Å². The van der Waals surface area contributed by atoms with Crippen LogP contribution in [0.2, 0.25) is 0 Å². The van der Waals surface area contributed by atoms with Gasteiger partial charge in [-0.25, -0.2) is 0 Å². The molecule has 1 aromatic carbocycles. The van der Waals surface area contributed by atoms with Gasteiger partial charge in [-0.2, -0.15) is 10.2 Å². The average Bonchev–Trinajstić information content (AvgIpc) is 2.78. The summed E-state index contributed by atoms with van der Waals surface area (Å²) < 4.78 is 5.06. The Bertz CT molecular complexity index is 539. The van der Waals surface area contributed by atoms with E-state index in [0.717, 1.165) is 5.56 Å². The minimum absolute atomic E-state index is 0.267. The molecular formula is C11H10N4O. The molecule has 5 heteroatoms. The van der Waals surface area contributed by atoms with E-state index in [1.165, 1.54) is 0 Å². The fraction of sp³-hybridized carbons (Fsp3) is 0.182. The van der Waals surface area contributed by atoms with E-state index in [2.05, 4.69) is 16.2 Å². The van der Waals surface area contributed by atoms with Crippen molar-refractivity contribution < 1.29 is 4.52 Å². The summed E-state index contributed by atoms with van der Waals surface area (Å²) in [6.07, 6.45) is 0. The van der Waals surface area contributed by atoms with E-state index in [1.807, 2.05) is 0 Å². The summed E-state index contributed by atoms with van der Waals surface area (Å²) in [5.41, 5.74) is 6.90. The number of rotatable bonds is 2. The Labute approximate surface area is 92.5 Å². The van der Waals surface area contributed by atoms with Gasteiger partial charge in [-0.1, -0.05) is 11.2 Å². The molecule has 2 rings (SSSR count). The Hall–Kier alpha value is -2.19. The van der Waals surface area contributed by atoms with Crippen LogP contribution in [0.25, 0.3) is 11.5 Å². The Morgan fingerprint density at radius 1 is 1.50 bits per heavy atom. The number of benzene rings is 1. The van der Waals surface area contributed by atoms with E-state index < -0.39 is 0 Å². The molecule has 1 atom stereocenters. The summed E-state index contributed by atoms with van der Waals surface area (Å²) in [6.45, 7) is 1.78. The van der Waals surface area contributed by atoms with Gasteiger partial charge in [0, 0.05) is 5.56 Å². The Morgan fingerprint density at radius 3 is 2.94 bits per heavy atom. The third kappa shape index (κ3) is 1.92. The number of nitrogens with zero attached hydrogens (tertiary/aromatic N) is 3. The van der Waals surface area contributed by atoms with Crippen molar-refractivity contribution in [2.75, 3.05) is 0 Å². The summed E-state index contributed by atoms with van der Waals surface area (Å²) in [6, 6.07) is 8.77. The fourth-order valence-corrected chi connectivity index (χ4v) is 1.26. The summed E-state index contributed by atoms with van der Waals surface area (Å²) in [5, 5.41) is 12.5. The zero-order valence-corrected chi connectivity index (χ0v) is 8.71. The van der Waals surface area contributed by atoms with Gasteiger partial charge < -0.3 is 10.3 Å². The van der Waals surface area contributed by atoms with Crippen LogP contribution in [-0.4, -0.2) is 10.1 Å². The minimum atomic E-state index is -0.267. The van der Waals surface area contributed by atoms with Crippen LogP contribution in [0.4, 0.5) is 0 Å². The first-order chi connectivity index (χ1) is 7.70. The van der Waals surface area contributed by atoms with Gasteiger partial charge in [-0.05, 0) is 25.1 Å². The van der Waals surface area contributed by atoms with Crippen LogP contribution in [0.1, 0.15) is 24.4 Å². The van der Waals surface area contributed by atoms with Gasteiger partial charge in [0.2, 0.25) is 0 Å². The third-order valence-corrected chi connectivity index (χ3v) is 2.09. The van der Waals surface area contributed by atoms with E-state index in [-0.39, 0.29) is 6.04 Å². The molecule has 0 spiro atoms. The second-order valence-corrected chi connectivity index (χ2v) is 3.44. The number of nitrogens with two attached hydrogens (primary N) is 1. The molecule has 1 unspecified atom stereocenters. The maximum absolute atomic E-state index is 8.77. The first kappa shape index (κ1) is 10.3. The predicted octanol–water partition coefficient (Wildman–Crippen LogP) is 1.63. The molecule has 16 heavy (non-hydrogen) atoms. The van der Waals surface area contributed by atoms with Gasteiger partial charge in [-0.15, -0.1) is 0 Å². The molecule has 1 aromatic heterocycles. The van der Waals surface area contributed by atoms with E-state index >= 15 is 0 Å². The summed E-state index contributed by atoms with van der Waals surface area (Å²) >= 11 is 0. The summed E-state index contributed by atoms with van der Waals surface area (Å²) in [4.78, 5) is 4.14. The second kappa shape index (κ2) is 4.13. The quantitative estimate of drug-likeness (QED) is 0.820. The van der Waals surface area contributed by atoms with Crippen LogP contribution < -0.4 is 5.73 Å². The first-order valence-corrected chi connectivity index (χ1v) is 4.80. The van der Waals surface area contributed by atoms with Crippen LogP contribution in [0, 0.1) is 11.3 Å². The highest BCUT2D eigenvalue weighted by Gasteiger charge is 2.11. The van der Waals surface area contributed by atoms with Crippen LogP contribution >= 0.6 is 0 Å². The van der Waals surface area contributed by atoms with Crippen molar-refractivity contribution in [3.05, 3.63) is 35.7 Å². The van der Waals surface area contributed by atoms with Gasteiger partial charge in [0.1, 0.15) is 0 Å². The van der Waals surface area contributed by atoms with Gasteiger partial charge in [0.15, 0.2) is 5.82 Å². The molecule has 5 nitrogen and oxygen atoms in total. The lowest BCUT2D eigenvalue weighted by atomic mass is 10.1. The zero-order valence-electron chi connectivity index (χ0n) is 8.71. The molecule has 0 saturated carbocycles. The maximum atomic E-state index is 8.77. The molecular weight excluding hydrogens is 204 g/mol. The molecule has 0 aliphatic heterocycles. The Kier molecular flexibility index (Phi) is 2.66. The first-order valence-electron chi connectivity index (χ1n) is 4.80.